The van der Waals surface area contributed by atoms with Crippen molar-refractivity contribution in [2.24, 2.45) is 0 Å². The van der Waals surface area contributed by atoms with Crippen LogP contribution < -0.4 is 5.32 Å². The maximum atomic E-state index is 12.5. The fourth-order valence-electron chi connectivity index (χ4n) is 2.15. The van der Waals surface area contributed by atoms with E-state index in [0.717, 1.165) is 5.56 Å². The molecule has 1 saturated heterocycles. The molecule has 0 bridgehead atoms. The number of nitrogens with zero attached hydrogens (tertiary/aromatic N) is 1. The van der Waals surface area contributed by atoms with Gasteiger partial charge in [0.05, 0.1) is 0 Å². The summed E-state index contributed by atoms with van der Waals surface area (Å²) in [5.74, 6) is 0.178. The monoisotopic (exact) mass is 280 g/mol. The Kier molecular flexibility index (Phi) is 3.80. The first-order chi connectivity index (χ1) is 8.96. The molecule has 4 nitrogen and oxygen atoms in total. The second-order valence-corrected chi connectivity index (χ2v) is 5.37. The average Bonchev–Trinajstić information content (AvgIpc) is 2.41. The number of carbonyl (C=O) groups is 2. The number of rotatable bonds is 2. The van der Waals surface area contributed by atoms with Gasteiger partial charge < -0.3 is 10.2 Å². The third kappa shape index (κ3) is 2.59. The molecule has 0 atom stereocenters. The van der Waals surface area contributed by atoms with Gasteiger partial charge in [0.2, 0.25) is 5.91 Å². The molecule has 1 aromatic rings. The molecule has 1 aromatic carbocycles. The van der Waals surface area contributed by atoms with Gasteiger partial charge in [-0.05, 0) is 31.5 Å². The topological polar surface area (TPSA) is 49.4 Å². The lowest BCUT2D eigenvalue weighted by atomic mass is 9.97. The molecule has 1 aliphatic rings. The quantitative estimate of drug-likeness (QED) is 0.840. The van der Waals surface area contributed by atoms with Crippen molar-refractivity contribution in [3.8, 4) is 0 Å². The van der Waals surface area contributed by atoms with Gasteiger partial charge in [0.15, 0.2) is 0 Å². The first-order valence-corrected chi connectivity index (χ1v) is 6.75. The Labute approximate surface area is 117 Å². The number of halogens is 1. The number of hydrogen-bond acceptors (Lipinski definition) is 2. The normalized spacial score (nSPS) is 18.1. The van der Waals surface area contributed by atoms with Crippen molar-refractivity contribution in [1.29, 1.82) is 0 Å². The Morgan fingerprint density at radius 3 is 2.58 bits per heavy atom. The van der Waals surface area contributed by atoms with Crippen LogP contribution in [0.1, 0.15) is 29.8 Å². The second-order valence-electron chi connectivity index (χ2n) is 5.10. The second kappa shape index (κ2) is 5.21. The summed E-state index contributed by atoms with van der Waals surface area (Å²) in [6.45, 7) is 4.53. The van der Waals surface area contributed by atoms with Crippen LogP contribution in [0.5, 0.6) is 0 Å². The van der Waals surface area contributed by atoms with Crippen molar-refractivity contribution in [1.82, 2.24) is 10.2 Å². The van der Waals surface area contributed by atoms with Crippen LogP contribution in [0.2, 0.25) is 0 Å². The highest BCUT2D eigenvalue weighted by Crippen LogP contribution is 2.21. The molecular formula is C14H17ClN2O2. The Hall–Kier alpha value is -1.55. The Bertz CT molecular complexity index is 497. The highest BCUT2D eigenvalue weighted by atomic mass is 35.5. The summed E-state index contributed by atoms with van der Waals surface area (Å²) in [6.07, 6.45) is 0. The molecule has 5 heteroatoms. The minimum atomic E-state index is -0.819. The van der Waals surface area contributed by atoms with E-state index in [4.69, 9.17) is 11.6 Å². The number of nitrogens with one attached hydrogen (secondary N) is 1. The van der Waals surface area contributed by atoms with E-state index in [1.54, 1.807) is 30.9 Å². The Morgan fingerprint density at radius 1 is 1.37 bits per heavy atom. The molecule has 0 aromatic heterocycles. The molecule has 0 unspecified atom stereocenters. The standard InChI is InChI=1S/C14H17ClN2O2/c1-14(2)13(19)16-7-8-17(14)12(18)11-5-3-10(9-15)4-6-11/h3-6H,7-9H2,1-2H3,(H,16,19). The predicted octanol–water partition coefficient (Wildman–Crippen LogP) is 1.78. The van der Waals surface area contributed by atoms with E-state index < -0.39 is 5.54 Å². The molecule has 102 valence electrons. The van der Waals surface area contributed by atoms with Crippen molar-refractivity contribution in [3.05, 3.63) is 35.4 Å². The summed E-state index contributed by atoms with van der Waals surface area (Å²) in [7, 11) is 0. The van der Waals surface area contributed by atoms with Crippen LogP contribution in [0.4, 0.5) is 0 Å². The number of hydrogen-bond donors (Lipinski definition) is 1. The fraction of sp³-hybridized carbons (Fsp3) is 0.429. The number of alkyl halides is 1. The van der Waals surface area contributed by atoms with Gasteiger partial charge in [-0.1, -0.05) is 12.1 Å². The van der Waals surface area contributed by atoms with Gasteiger partial charge in [-0.3, -0.25) is 9.59 Å². The molecule has 1 aliphatic heterocycles. The van der Waals surface area contributed by atoms with Crippen molar-refractivity contribution in [2.75, 3.05) is 13.1 Å². The van der Waals surface area contributed by atoms with E-state index in [1.807, 2.05) is 12.1 Å². The SMILES string of the molecule is CC1(C)C(=O)NCCN1C(=O)c1ccc(CCl)cc1. The molecule has 1 fully saturated rings. The fourth-order valence-corrected chi connectivity index (χ4v) is 2.33. The number of benzene rings is 1. The van der Waals surface area contributed by atoms with Gasteiger partial charge >= 0.3 is 0 Å². The van der Waals surface area contributed by atoms with E-state index in [2.05, 4.69) is 5.32 Å². The molecule has 0 saturated carbocycles. The highest BCUT2D eigenvalue weighted by molar-refractivity contribution is 6.17. The molecular weight excluding hydrogens is 264 g/mol. The van der Waals surface area contributed by atoms with Crippen molar-refractivity contribution in [3.63, 3.8) is 0 Å². The molecule has 0 spiro atoms. The summed E-state index contributed by atoms with van der Waals surface area (Å²) >= 11 is 5.72. The van der Waals surface area contributed by atoms with Crippen LogP contribution >= 0.6 is 11.6 Å². The smallest absolute Gasteiger partial charge is 0.254 e. The zero-order valence-corrected chi connectivity index (χ0v) is 11.8. The summed E-state index contributed by atoms with van der Waals surface area (Å²) in [4.78, 5) is 25.9. The molecule has 1 heterocycles. The molecule has 2 rings (SSSR count). The number of piperazine rings is 1. The average molecular weight is 281 g/mol. The van der Waals surface area contributed by atoms with Gasteiger partial charge in [0, 0.05) is 24.5 Å². The van der Waals surface area contributed by atoms with E-state index in [0.29, 0.717) is 24.5 Å². The summed E-state index contributed by atoms with van der Waals surface area (Å²) in [6, 6.07) is 7.17. The van der Waals surface area contributed by atoms with Crippen molar-refractivity contribution < 1.29 is 9.59 Å². The van der Waals surface area contributed by atoms with Crippen LogP contribution in [-0.4, -0.2) is 35.3 Å². The maximum absolute atomic E-state index is 12.5. The third-order valence-electron chi connectivity index (χ3n) is 3.45. The highest BCUT2D eigenvalue weighted by Gasteiger charge is 2.40. The van der Waals surface area contributed by atoms with Crippen LogP contribution in [-0.2, 0) is 10.7 Å². The van der Waals surface area contributed by atoms with Crippen LogP contribution in [0.3, 0.4) is 0 Å². The zero-order chi connectivity index (χ0) is 14.0. The predicted molar refractivity (Wildman–Crippen MR) is 74.1 cm³/mol. The molecule has 0 radical (unpaired) electrons. The number of carbonyl (C=O) groups excluding carboxylic acids is 2. The van der Waals surface area contributed by atoms with E-state index in [1.165, 1.54) is 0 Å². The first kappa shape index (κ1) is 13.9. The summed E-state index contributed by atoms with van der Waals surface area (Å²) < 4.78 is 0. The molecule has 0 aliphatic carbocycles. The Balaban J connectivity index is 2.24. The van der Waals surface area contributed by atoms with Crippen molar-refractivity contribution in [2.45, 2.75) is 25.3 Å². The summed E-state index contributed by atoms with van der Waals surface area (Å²) in [5.41, 5.74) is 0.728. The van der Waals surface area contributed by atoms with Gasteiger partial charge in [0.25, 0.3) is 5.91 Å². The molecule has 2 amide bonds. The van der Waals surface area contributed by atoms with Gasteiger partial charge in [-0.15, -0.1) is 11.6 Å². The minimum Gasteiger partial charge on any atom is -0.352 e. The largest absolute Gasteiger partial charge is 0.352 e. The van der Waals surface area contributed by atoms with Gasteiger partial charge in [-0.2, -0.15) is 0 Å². The lowest BCUT2D eigenvalue weighted by Gasteiger charge is -2.41. The molecule has 19 heavy (non-hydrogen) atoms. The van der Waals surface area contributed by atoms with Crippen LogP contribution in [0.15, 0.2) is 24.3 Å². The van der Waals surface area contributed by atoms with Gasteiger partial charge in [-0.25, -0.2) is 0 Å². The minimum absolute atomic E-state index is 0.121. The lowest BCUT2D eigenvalue weighted by Crippen LogP contribution is -2.63. The first-order valence-electron chi connectivity index (χ1n) is 6.22. The van der Waals surface area contributed by atoms with E-state index in [-0.39, 0.29) is 11.8 Å². The van der Waals surface area contributed by atoms with E-state index in [9.17, 15) is 9.59 Å². The van der Waals surface area contributed by atoms with Gasteiger partial charge in [0.1, 0.15) is 5.54 Å². The zero-order valence-electron chi connectivity index (χ0n) is 11.1. The van der Waals surface area contributed by atoms with Crippen LogP contribution in [0.25, 0.3) is 0 Å². The van der Waals surface area contributed by atoms with Crippen LogP contribution in [0, 0.1) is 0 Å². The van der Waals surface area contributed by atoms with E-state index >= 15 is 0 Å². The lowest BCUT2D eigenvalue weighted by molar-refractivity contribution is -0.133. The summed E-state index contributed by atoms with van der Waals surface area (Å²) in [5, 5.41) is 2.78. The Morgan fingerprint density at radius 2 is 2.00 bits per heavy atom. The van der Waals surface area contributed by atoms with Crippen molar-refractivity contribution >= 4 is 23.4 Å². The molecule has 1 N–H and O–H groups in total. The maximum Gasteiger partial charge on any atom is 0.254 e. The third-order valence-corrected chi connectivity index (χ3v) is 3.76. The number of amides is 2.